The van der Waals surface area contributed by atoms with Crippen LogP contribution >= 0.6 is 0 Å². The number of nitro groups is 1. The number of non-ortho nitro benzene ring substituents is 1. The Balaban J connectivity index is 2.78. The molecular formula is C13H16N2O3. The molecule has 0 amide bonds. The van der Waals surface area contributed by atoms with Crippen molar-refractivity contribution in [1.82, 2.24) is 0 Å². The van der Waals surface area contributed by atoms with Gasteiger partial charge < -0.3 is 4.74 Å². The van der Waals surface area contributed by atoms with E-state index < -0.39 is 4.92 Å². The summed E-state index contributed by atoms with van der Waals surface area (Å²) in [6, 6.07) is 5.98. The van der Waals surface area contributed by atoms with E-state index >= 15 is 0 Å². The maximum Gasteiger partial charge on any atom is 0.271 e. The summed E-state index contributed by atoms with van der Waals surface area (Å²) in [5, 5.41) is 19.5. The third-order valence-corrected chi connectivity index (χ3v) is 2.60. The lowest BCUT2D eigenvalue weighted by Crippen LogP contribution is -2.09. The first-order valence-electron chi connectivity index (χ1n) is 5.89. The standard InChI is InChI=1S/C13H16N2O3/c1-3-4-10(2)9-18-13-6-5-12(15(16)17)7-11(13)8-14/h5-7,10H,3-4,9H2,1-2H3. The topological polar surface area (TPSA) is 76.2 Å². The Morgan fingerprint density at radius 2 is 2.28 bits per heavy atom. The minimum Gasteiger partial charge on any atom is -0.492 e. The van der Waals surface area contributed by atoms with E-state index in [0.717, 1.165) is 12.8 Å². The van der Waals surface area contributed by atoms with E-state index in [0.29, 0.717) is 18.3 Å². The van der Waals surface area contributed by atoms with Gasteiger partial charge in [0.05, 0.1) is 11.5 Å². The largest absolute Gasteiger partial charge is 0.492 e. The molecule has 0 radical (unpaired) electrons. The Morgan fingerprint density at radius 3 is 2.83 bits per heavy atom. The first-order chi connectivity index (χ1) is 8.58. The molecule has 96 valence electrons. The molecule has 0 spiro atoms. The van der Waals surface area contributed by atoms with E-state index in [1.54, 1.807) is 0 Å². The number of rotatable bonds is 6. The van der Waals surface area contributed by atoms with Crippen LogP contribution in [0.25, 0.3) is 0 Å². The SMILES string of the molecule is CCCC(C)COc1ccc([N+](=O)[O-])cc1C#N. The molecule has 0 heterocycles. The highest BCUT2D eigenvalue weighted by Gasteiger charge is 2.12. The van der Waals surface area contributed by atoms with Crippen LogP contribution in [0.4, 0.5) is 5.69 Å². The zero-order valence-electron chi connectivity index (χ0n) is 10.5. The van der Waals surface area contributed by atoms with E-state index in [9.17, 15) is 10.1 Å². The molecule has 5 heteroatoms. The van der Waals surface area contributed by atoms with Gasteiger partial charge in [-0.2, -0.15) is 5.26 Å². The third kappa shape index (κ3) is 3.74. The average molecular weight is 248 g/mol. The Morgan fingerprint density at radius 1 is 1.56 bits per heavy atom. The number of hydrogen-bond donors (Lipinski definition) is 0. The van der Waals surface area contributed by atoms with Crippen LogP contribution in [0.2, 0.25) is 0 Å². The van der Waals surface area contributed by atoms with Crippen molar-refractivity contribution in [3.05, 3.63) is 33.9 Å². The van der Waals surface area contributed by atoms with Crippen LogP contribution in [0.1, 0.15) is 32.3 Å². The van der Waals surface area contributed by atoms with E-state index in [1.807, 2.05) is 6.07 Å². The molecule has 18 heavy (non-hydrogen) atoms. The summed E-state index contributed by atoms with van der Waals surface area (Å²) < 4.78 is 5.53. The monoisotopic (exact) mass is 248 g/mol. The molecule has 0 aliphatic rings. The minimum absolute atomic E-state index is 0.0968. The van der Waals surface area contributed by atoms with Gasteiger partial charge in [0.2, 0.25) is 0 Å². The van der Waals surface area contributed by atoms with Gasteiger partial charge in [-0.05, 0) is 18.4 Å². The summed E-state index contributed by atoms with van der Waals surface area (Å²) in [6.45, 7) is 4.68. The van der Waals surface area contributed by atoms with Gasteiger partial charge >= 0.3 is 0 Å². The summed E-state index contributed by atoms with van der Waals surface area (Å²) in [4.78, 5) is 10.1. The smallest absolute Gasteiger partial charge is 0.271 e. The highest BCUT2D eigenvalue weighted by molar-refractivity contribution is 5.50. The zero-order chi connectivity index (χ0) is 13.5. The molecule has 0 aliphatic heterocycles. The molecule has 1 rings (SSSR count). The highest BCUT2D eigenvalue weighted by atomic mass is 16.6. The molecule has 0 bridgehead atoms. The van der Waals surface area contributed by atoms with Crippen molar-refractivity contribution in [1.29, 1.82) is 5.26 Å². The summed E-state index contributed by atoms with van der Waals surface area (Å²) in [6.07, 6.45) is 2.13. The van der Waals surface area contributed by atoms with Crippen molar-refractivity contribution in [3.8, 4) is 11.8 Å². The number of ether oxygens (including phenoxy) is 1. The van der Waals surface area contributed by atoms with Gasteiger partial charge in [-0.15, -0.1) is 0 Å². The first kappa shape index (κ1) is 14.0. The molecule has 1 unspecified atom stereocenters. The molecule has 5 nitrogen and oxygen atoms in total. The van der Waals surface area contributed by atoms with Crippen molar-refractivity contribution < 1.29 is 9.66 Å². The normalized spacial score (nSPS) is 11.6. The van der Waals surface area contributed by atoms with Gasteiger partial charge in [-0.1, -0.05) is 20.3 Å². The second kappa shape index (κ2) is 6.60. The fourth-order valence-electron chi connectivity index (χ4n) is 1.65. The Hall–Kier alpha value is -2.09. The summed E-state index contributed by atoms with van der Waals surface area (Å²) in [5.74, 6) is 0.808. The van der Waals surface area contributed by atoms with Gasteiger partial charge in [-0.3, -0.25) is 10.1 Å². The van der Waals surface area contributed by atoms with Crippen LogP contribution in [0.3, 0.4) is 0 Å². The highest BCUT2D eigenvalue weighted by Crippen LogP contribution is 2.24. The van der Waals surface area contributed by atoms with E-state index in [-0.39, 0.29) is 11.3 Å². The van der Waals surface area contributed by atoms with E-state index in [1.165, 1.54) is 18.2 Å². The number of hydrogen-bond acceptors (Lipinski definition) is 4. The Bertz CT molecular complexity index is 466. The molecule has 0 aromatic heterocycles. The maximum atomic E-state index is 10.6. The van der Waals surface area contributed by atoms with Crippen LogP contribution in [0, 0.1) is 27.4 Å². The van der Waals surface area contributed by atoms with Gasteiger partial charge in [0, 0.05) is 12.1 Å². The van der Waals surface area contributed by atoms with Gasteiger partial charge in [0.25, 0.3) is 5.69 Å². The Labute approximate surface area is 106 Å². The zero-order valence-corrected chi connectivity index (χ0v) is 10.5. The van der Waals surface area contributed by atoms with Gasteiger partial charge in [0.15, 0.2) is 0 Å². The van der Waals surface area contributed by atoms with Crippen molar-refractivity contribution in [2.75, 3.05) is 6.61 Å². The predicted octanol–water partition coefficient (Wildman–Crippen LogP) is 3.28. The fraction of sp³-hybridized carbons (Fsp3) is 0.462. The molecule has 0 aliphatic carbocycles. The molecule has 0 saturated heterocycles. The Kier molecular flexibility index (Phi) is 5.12. The molecule has 0 saturated carbocycles. The lowest BCUT2D eigenvalue weighted by molar-refractivity contribution is -0.384. The number of nitriles is 1. The number of nitrogens with zero attached hydrogens (tertiary/aromatic N) is 2. The lowest BCUT2D eigenvalue weighted by Gasteiger charge is -2.12. The van der Waals surface area contributed by atoms with Gasteiger partial charge in [0.1, 0.15) is 17.4 Å². The predicted molar refractivity (Wildman–Crippen MR) is 67.4 cm³/mol. The minimum atomic E-state index is -0.523. The van der Waals surface area contributed by atoms with E-state index in [4.69, 9.17) is 10.00 Å². The van der Waals surface area contributed by atoms with Crippen molar-refractivity contribution in [2.45, 2.75) is 26.7 Å². The second-order valence-corrected chi connectivity index (χ2v) is 4.25. The van der Waals surface area contributed by atoms with Crippen molar-refractivity contribution in [2.24, 2.45) is 5.92 Å². The van der Waals surface area contributed by atoms with Crippen LogP contribution in [-0.4, -0.2) is 11.5 Å². The fourth-order valence-corrected chi connectivity index (χ4v) is 1.65. The molecule has 1 aromatic carbocycles. The number of nitro benzene ring substituents is 1. The van der Waals surface area contributed by atoms with Crippen LogP contribution in [0.5, 0.6) is 5.75 Å². The number of benzene rings is 1. The lowest BCUT2D eigenvalue weighted by atomic mass is 10.1. The third-order valence-electron chi connectivity index (χ3n) is 2.60. The maximum absolute atomic E-state index is 10.6. The molecule has 1 atom stereocenters. The van der Waals surface area contributed by atoms with Crippen LogP contribution in [-0.2, 0) is 0 Å². The molecule has 1 aromatic rings. The average Bonchev–Trinajstić information content (AvgIpc) is 2.36. The molecular weight excluding hydrogens is 232 g/mol. The van der Waals surface area contributed by atoms with Crippen molar-refractivity contribution in [3.63, 3.8) is 0 Å². The summed E-state index contributed by atoms with van der Waals surface area (Å²) in [5.41, 5.74) is 0.105. The summed E-state index contributed by atoms with van der Waals surface area (Å²) >= 11 is 0. The van der Waals surface area contributed by atoms with Crippen LogP contribution < -0.4 is 4.74 Å². The quantitative estimate of drug-likeness (QED) is 0.571. The van der Waals surface area contributed by atoms with E-state index in [2.05, 4.69) is 13.8 Å². The van der Waals surface area contributed by atoms with Crippen LogP contribution in [0.15, 0.2) is 18.2 Å². The molecule has 0 N–H and O–H groups in total. The first-order valence-corrected chi connectivity index (χ1v) is 5.89. The van der Waals surface area contributed by atoms with Crippen molar-refractivity contribution >= 4 is 5.69 Å². The van der Waals surface area contributed by atoms with Gasteiger partial charge in [-0.25, -0.2) is 0 Å². The molecule has 0 fully saturated rings. The summed E-state index contributed by atoms with van der Waals surface area (Å²) in [7, 11) is 0. The second-order valence-electron chi connectivity index (χ2n) is 4.25.